The van der Waals surface area contributed by atoms with E-state index in [0.717, 1.165) is 38.5 Å². The van der Waals surface area contributed by atoms with Crippen LogP contribution < -0.4 is 0 Å². The Kier molecular flexibility index (Phi) is 2.31. The van der Waals surface area contributed by atoms with Crippen LogP contribution in [0.5, 0.6) is 0 Å². The summed E-state index contributed by atoms with van der Waals surface area (Å²) in [6, 6.07) is 0. The van der Waals surface area contributed by atoms with Crippen LogP contribution in [0.25, 0.3) is 0 Å². The Labute approximate surface area is 90.8 Å². The molecule has 0 unspecified atom stereocenters. The standard InChI is InChI=1S/C12H20O3/c13-11-6-2-1-4-10(11)5-3-7-12(11)14-8-9-15-12/h10,13H,1-9H2/t10-,11+/m0/s1. The summed E-state index contributed by atoms with van der Waals surface area (Å²) in [6.07, 6.45) is 7.52. The van der Waals surface area contributed by atoms with Crippen molar-refractivity contribution in [1.82, 2.24) is 0 Å². The highest BCUT2D eigenvalue weighted by atomic mass is 16.7. The molecule has 3 aliphatic rings. The first-order chi connectivity index (χ1) is 7.27. The van der Waals surface area contributed by atoms with Crippen LogP contribution in [0.15, 0.2) is 0 Å². The molecule has 0 radical (unpaired) electrons. The van der Waals surface area contributed by atoms with E-state index in [1.54, 1.807) is 0 Å². The molecule has 3 fully saturated rings. The molecule has 3 nitrogen and oxygen atoms in total. The average molecular weight is 212 g/mol. The minimum atomic E-state index is -0.694. The Bertz CT molecular complexity index is 245. The highest BCUT2D eigenvalue weighted by Gasteiger charge is 2.60. The minimum Gasteiger partial charge on any atom is -0.384 e. The summed E-state index contributed by atoms with van der Waals surface area (Å²) < 4.78 is 11.6. The predicted molar refractivity (Wildman–Crippen MR) is 55.4 cm³/mol. The molecule has 0 amide bonds. The van der Waals surface area contributed by atoms with Gasteiger partial charge in [-0.1, -0.05) is 12.8 Å². The number of fused-ring (bicyclic) bond motifs is 2. The maximum absolute atomic E-state index is 10.9. The molecule has 0 aromatic heterocycles. The van der Waals surface area contributed by atoms with E-state index in [4.69, 9.17) is 9.47 Å². The lowest BCUT2D eigenvalue weighted by Crippen LogP contribution is -2.62. The fraction of sp³-hybridized carbons (Fsp3) is 1.00. The van der Waals surface area contributed by atoms with Gasteiger partial charge in [-0.15, -0.1) is 0 Å². The van der Waals surface area contributed by atoms with Gasteiger partial charge in [0, 0.05) is 6.42 Å². The normalized spacial score (nSPS) is 44.2. The average Bonchev–Trinajstić information content (AvgIpc) is 2.70. The second-order valence-electron chi connectivity index (χ2n) is 5.21. The molecule has 0 aromatic carbocycles. The second-order valence-corrected chi connectivity index (χ2v) is 5.21. The Hall–Kier alpha value is -0.120. The van der Waals surface area contributed by atoms with E-state index in [1.807, 2.05) is 0 Å². The monoisotopic (exact) mass is 212 g/mol. The second kappa shape index (κ2) is 3.44. The zero-order chi connectivity index (χ0) is 10.4. The van der Waals surface area contributed by atoms with Crippen LogP contribution in [0.3, 0.4) is 0 Å². The molecule has 2 atom stereocenters. The number of hydrogen-bond acceptors (Lipinski definition) is 3. The highest BCUT2D eigenvalue weighted by molar-refractivity contribution is 5.05. The summed E-state index contributed by atoms with van der Waals surface area (Å²) in [4.78, 5) is 0. The van der Waals surface area contributed by atoms with E-state index in [9.17, 15) is 5.11 Å². The van der Waals surface area contributed by atoms with Crippen LogP contribution in [0.4, 0.5) is 0 Å². The highest BCUT2D eigenvalue weighted by Crippen LogP contribution is 2.52. The quantitative estimate of drug-likeness (QED) is 0.666. The largest absolute Gasteiger partial charge is 0.384 e. The van der Waals surface area contributed by atoms with Gasteiger partial charge >= 0.3 is 0 Å². The van der Waals surface area contributed by atoms with Crippen LogP contribution in [-0.2, 0) is 9.47 Å². The van der Waals surface area contributed by atoms with E-state index in [-0.39, 0.29) is 0 Å². The maximum Gasteiger partial charge on any atom is 0.197 e. The van der Waals surface area contributed by atoms with Gasteiger partial charge in [-0.2, -0.15) is 0 Å². The lowest BCUT2D eigenvalue weighted by molar-refractivity contribution is -0.311. The molecular weight excluding hydrogens is 192 g/mol. The van der Waals surface area contributed by atoms with Crippen molar-refractivity contribution in [3.63, 3.8) is 0 Å². The fourth-order valence-electron chi connectivity index (χ4n) is 3.76. The Morgan fingerprint density at radius 1 is 0.933 bits per heavy atom. The van der Waals surface area contributed by atoms with Crippen LogP contribution in [0.2, 0.25) is 0 Å². The van der Waals surface area contributed by atoms with Gasteiger partial charge in [0.05, 0.1) is 13.2 Å². The van der Waals surface area contributed by atoms with E-state index in [1.165, 1.54) is 6.42 Å². The SMILES string of the molecule is O[C@]12CCCC[C@H]1CCCC21OCCO1. The molecule has 2 saturated carbocycles. The van der Waals surface area contributed by atoms with Gasteiger partial charge in [-0.25, -0.2) is 0 Å². The van der Waals surface area contributed by atoms with E-state index in [0.29, 0.717) is 19.1 Å². The third kappa shape index (κ3) is 1.30. The number of hydrogen-bond donors (Lipinski definition) is 1. The van der Waals surface area contributed by atoms with Crippen molar-refractivity contribution in [2.24, 2.45) is 5.92 Å². The lowest BCUT2D eigenvalue weighted by Gasteiger charge is -2.53. The molecule has 1 heterocycles. The topological polar surface area (TPSA) is 38.7 Å². The van der Waals surface area contributed by atoms with Crippen molar-refractivity contribution < 1.29 is 14.6 Å². The number of aliphatic hydroxyl groups is 1. The first kappa shape index (κ1) is 10.1. The van der Waals surface area contributed by atoms with Crippen molar-refractivity contribution in [3.8, 4) is 0 Å². The van der Waals surface area contributed by atoms with Gasteiger partial charge < -0.3 is 14.6 Å². The predicted octanol–water partition coefficient (Wildman–Crippen LogP) is 1.83. The molecule has 1 aliphatic heterocycles. The van der Waals surface area contributed by atoms with E-state index < -0.39 is 11.4 Å². The first-order valence-electron chi connectivity index (χ1n) is 6.27. The first-order valence-corrected chi connectivity index (χ1v) is 6.27. The third-order valence-corrected chi connectivity index (χ3v) is 4.51. The molecule has 0 aromatic rings. The zero-order valence-electron chi connectivity index (χ0n) is 9.21. The van der Waals surface area contributed by atoms with Crippen molar-refractivity contribution in [1.29, 1.82) is 0 Å². The van der Waals surface area contributed by atoms with Gasteiger partial charge in [-0.05, 0) is 31.6 Å². The molecule has 86 valence electrons. The molecule has 3 rings (SSSR count). The lowest BCUT2D eigenvalue weighted by atomic mass is 9.64. The summed E-state index contributed by atoms with van der Waals surface area (Å²) >= 11 is 0. The summed E-state index contributed by atoms with van der Waals surface area (Å²) in [5.74, 6) is -0.242. The van der Waals surface area contributed by atoms with E-state index >= 15 is 0 Å². The molecule has 3 heteroatoms. The van der Waals surface area contributed by atoms with Gasteiger partial charge in [0.2, 0.25) is 0 Å². The van der Waals surface area contributed by atoms with Crippen molar-refractivity contribution in [2.45, 2.75) is 56.3 Å². The minimum absolute atomic E-state index is 0.401. The molecule has 1 saturated heterocycles. The van der Waals surface area contributed by atoms with Gasteiger partial charge in [-0.3, -0.25) is 0 Å². The van der Waals surface area contributed by atoms with Crippen molar-refractivity contribution >= 4 is 0 Å². The number of rotatable bonds is 0. The van der Waals surface area contributed by atoms with Crippen LogP contribution in [-0.4, -0.2) is 29.7 Å². The Morgan fingerprint density at radius 2 is 1.67 bits per heavy atom. The Balaban J connectivity index is 1.92. The van der Waals surface area contributed by atoms with E-state index in [2.05, 4.69) is 0 Å². The third-order valence-electron chi connectivity index (χ3n) is 4.51. The maximum atomic E-state index is 10.9. The van der Waals surface area contributed by atoms with Crippen molar-refractivity contribution in [2.75, 3.05) is 13.2 Å². The molecule has 0 bridgehead atoms. The van der Waals surface area contributed by atoms with Gasteiger partial charge in [0.1, 0.15) is 5.60 Å². The summed E-state index contributed by atoms with van der Waals surface area (Å²) in [7, 11) is 0. The zero-order valence-corrected chi connectivity index (χ0v) is 9.21. The van der Waals surface area contributed by atoms with Gasteiger partial charge in [0.25, 0.3) is 0 Å². The Morgan fingerprint density at radius 3 is 2.47 bits per heavy atom. The van der Waals surface area contributed by atoms with Crippen LogP contribution in [0, 0.1) is 5.92 Å². The number of ether oxygens (including phenoxy) is 2. The summed E-state index contributed by atoms with van der Waals surface area (Å²) in [5.41, 5.74) is -0.694. The summed E-state index contributed by atoms with van der Waals surface area (Å²) in [5, 5.41) is 10.9. The van der Waals surface area contributed by atoms with Crippen molar-refractivity contribution in [3.05, 3.63) is 0 Å². The van der Waals surface area contributed by atoms with Gasteiger partial charge in [0.15, 0.2) is 5.79 Å². The molecule has 15 heavy (non-hydrogen) atoms. The summed E-state index contributed by atoms with van der Waals surface area (Å²) in [6.45, 7) is 1.30. The molecule has 1 N–H and O–H groups in total. The fourth-order valence-corrected chi connectivity index (χ4v) is 3.76. The smallest absolute Gasteiger partial charge is 0.197 e. The van der Waals surface area contributed by atoms with Crippen LogP contribution >= 0.6 is 0 Å². The van der Waals surface area contributed by atoms with Crippen LogP contribution in [0.1, 0.15) is 44.9 Å². The molecule has 1 spiro atoms. The molecular formula is C12H20O3. The molecule has 2 aliphatic carbocycles.